The zero-order valence-electron chi connectivity index (χ0n) is 9.78. The van der Waals surface area contributed by atoms with Gasteiger partial charge in [0, 0.05) is 19.0 Å². The molecule has 2 aliphatic rings. The third-order valence-electron chi connectivity index (χ3n) is 3.49. The van der Waals surface area contributed by atoms with Crippen LogP contribution in [-0.4, -0.2) is 43.5 Å². The average molecular weight is 213 g/mol. The molecule has 2 aliphatic heterocycles. The minimum absolute atomic E-state index is 0.0628. The molecule has 1 atom stereocenters. The molecule has 3 nitrogen and oxygen atoms in total. The summed E-state index contributed by atoms with van der Waals surface area (Å²) in [5, 5.41) is 0. The van der Waals surface area contributed by atoms with Crippen molar-refractivity contribution in [2.45, 2.75) is 51.4 Å². The van der Waals surface area contributed by atoms with Crippen LogP contribution < -0.4 is 0 Å². The van der Waals surface area contributed by atoms with E-state index in [-0.39, 0.29) is 6.29 Å². The fourth-order valence-electron chi connectivity index (χ4n) is 2.46. The number of rotatable bonds is 3. The van der Waals surface area contributed by atoms with Crippen LogP contribution in [0.1, 0.15) is 39.0 Å². The van der Waals surface area contributed by atoms with Crippen LogP contribution in [0, 0.1) is 0 Å². The monoisotopic (exact) mass is 213 g/mol. The molecule has 0 amide bonds. The first-order valence-corrected chi connectivity index (χ1v) is 6.33. The second-order valence-electron chi connectivity index (χ2n) is 4.69. The molecule has 2 saturated heterocycles. The summed E-state index contributed by atoms with van der Waals surface area (Å²) in [6.07, 6.45) is 6.26. The van der Waals surface area contributed by atoms with Crippen molar-refractivity contribution in [3.8, 4) is 0 Å². The van der Waals surface area contributed by atoms with Crippen LogP contribution in [0.15, 0.2) is 0 Å². The molecular weight excluding hydrogens is 190 g/mol. The van der Waals surface area contributed by atoms with Crippen molar-refractivity contribution in [3.63, 3.8) is 0 Å². The van der Waals surface area contributed by atoms with Crippen LogP contribution in [0.5, 0.6) is 0 Å². The van der Waals surface area contributed by atoms with E-state index in [2.05, 4.69) is 11.8 Å². The Kier molecular flexibility index (Phi) is 4.42. The molecule has 0 aromatic heterocycles. The predicted octanol–water partition coefficient (Wildman–Crippen LogP) is 2.01. The van der Waals surface area contributed by atoms with Gasteiger partial charge < -0.3 is 14.4 Å². The Morgan fingerprint density at radius 1 is 1.13 bits per heavy atom. The summed E-state index contributed by atoms with van der Waals surface area (Å²) in [5.41, 5.74) is 0. The summed E-state index contributed by atoms with van der Waals surface area (Å²) in [5.74, 6) is 0. The van der Waals surface area contributed by atoms with Crippen LogP contribution in [0.2, 0.25) is 0 Å². The lowest BCUT2D eigenvalue weighted by molar-refractivity contribution is -0.183. The van der Waals surface area contributed by atoms with Gasteiger partial charge in [0.15, 0.2) is 6.29 Å². The second kappa shape index (κ2) is 5.83. The van der Waals surface area contributed by atoms with Crippen molar-refractivity contribution in [1.82, 2.24) is 4.90 Å². The van der Waals surface area contributed by atoms with Crippen LogP contribution in [0.25, 0.3) is 0 Å². The van der Waals surface area contributed by atoms with E-state index in [0.717, 1.165) is 38.6 Å². The maximum atomic E-state index is 5.56. The smallest absolute Gasteiger partial charge is 0.158 e. The normalized spacial score (nSPS) is 30.6. The third kappa shape index (κ3) is 3.44. The molecule has 0 saturated carbocycles. The second-order valence-corrected chi connectivity index (χ2v) is 4.69. The molecule has 15 heavy (non-hydrogen) atoms. The Morgan fingerprint density at radius 2 is 1.93 bits per heavy atom. The first kappa shape index (κ1) is 11.4. The first-order valence-electron chi connectivity index (χ1n) is 6.33. The van der Waals surface area contributed by atoms with Gasteiger partial charge >= 0.3 is 0 Å². The van der Waals surface area contributed by atoms with E-state index >= 15 is 0 Å². The fraction of sp³-hybridized carbons (Fsp3) is 1.00. The molecule has 2 fully saturated rings. The van der Waals surface area contributed by atoms with E-state index < -0.39 is 0 Å². The minimum Gasteiger partial charge on any atom is -0.353 e. The highest BCUT2D eigenvalue weighted by molar-refractivity contribution is 4.73. The Hall–Kier alpha value is -0.120. The SMILES string of the molecule is CC1CCCCN1CCC1OCCCO1. The highest BCUT2D eigenvalue weighted by atomic mass is 16.7. The summed E-state index contributed by atoms with van der Waals surface area (Å²) < 4.78 is 11.1. The van der Waals surface area contributed by atoms with Crippen LogP contribution >= 0.6 is 0 Å². The lowest BCUT2D eigenvalue weighted by Crippen LogP contribution is -2.40. The molecule has 0 aliphatic carbocycles. The number of nitrogens with zero attached hydrogens (tertiary/aromatic N) is 1. The van der Waals surface area contributed by atoms with Gasteiger partial charge in [0.2, 0.25) is 0 Å². The Bertz CT molecular complexity index is 180. The molecule has 88 valence electrons. The van der Waals surface area contributed by atoms with Crippen molar-refractivity contribution >= 4 is 0 Å². The molecule has 0 aromatic carbocycles. The van der Waals surface area contributed by atoms with E-state index in [9.17, 15) is 0 Å². The maximum Gasteiger partial charge on any atom is 0.158 e. The number of hydrogen-bond acceptors (Lipinski definition) is 3. The summed E-state index contributed by atoms with van der Waals surface area (Å²) in [4.78, 5) is 2.57. The highest BCUT2D eigenvalue weighted by Crippen LogP contribution is 2.18. The number of piperidine rings is 1. The number of hydrogen-bond donors (Lipinski definition) is 0. The average Bonchev–Trinajstić information content (AvgIpc) is 2.29. The van der Waals surface area contributed by atoms with Crippen molar-refractivity contribution in [3.05, 3.63) is 0 Å². The summed E-state index contributed by atoms with van der Waals surface area (Å²) in [6, 6.07) is 0.752. The van der Waals surface area contributed by atoms with Gasteiger partial charge in [-0.15, -0.1) is 0 Å². The van der Waals surface area contributed by atoms with Crippen molar-refractivity contribution < 1.29 is 9.47 Å². The van der Waals surface area contributed by atoms with Crippen molar-refractivity contribution in [2.24, 2.45) is 0 Å². The van der Waals surface area contributed by atoms with E-state index in [4.69, 9.17) is 9.47 Å². The Morgan fingerprint density at radius 3 is 2.67 bits per heavy atom. The Balaban J connectivity index is 1.67. The van der Waals surface area contributed by atoms with Gasteiger partial charge in [0.05, 0.1) is 13.2 Å². The molecule has 2 rings (SSSR count). The molecule has 0 aromatic rings. The third-order valence-corrected chi connectivity index (χ3v) is 3.49. The van der Waals surface area contributed by atoms with Crippen molar-refractivity contribution in [1.29, 1.82) is 0 Å². The van der Waals surface area contributed by atoms with Crippen LogP contribution in [0.4, 0.5) is 0 Å². The van der Waals surface area contributed by atoms with Crippen LogP contribution in [0.3, 0.4) is 0 Å². The molecule has 0 bridgehead atoms. The van der Waals surface area contributed by atoms with E-state index in [0.29, 0.717) is 0 Å². The van der Waals surface area contributed by atoms with Crippen molar-refractivity contribution in [2.75, 3.05) is 26.3 Å². The van der Waals surface area contributed by atoms with Crippen LogP contribution in [-0.2, 0) is 9.47 Å². The topological polar surface area (TPSA) is 21.7 Å². The molecule has 1 unspecified atom stereocenters. The minimum atomic E-state index is 0.0628. The summed E-state index contributed by atoms with van der Waals surface area (Å²) >= 11 is 0. The summed E-state index contributed by atoms with van der Waals surface area (Å²) in [6.45, 7) is 6.47. The Labute approximate surface area is 92.7 Å². The molecule has 2 heterocycles. The number of ether oxygens (including phenoxy) is 2. The van der Waals surface area contributed by atoms with E-state index in [1.807, 2.05) is 0 Å². The lowest BCUT2D eigenvalue weighted by atomic mass is 10.0. The highest BCUT2D eigenvalue weighted by Gasteiger charge is 2.20. The predicted molar refractivity (Wildman–Crippen MR) is 59.8 cm³/mol. The van der Waals surface area contributed by atoms with Gasteiger partial charge in [-0.05, 0) is 32.7 Å². The van der Waals surface area contributed by atoms with Gasteiger partial charge in [0.1, 0.15) is 0 Å². The first-order chi connectivity index (χ1) is 7.36. The zero-order chi connectivity index (χ0) is 10.5. The van der Waals surface area contributed by atoms with E-state index in [1.165, 1.54) is 25.8 Å². The summed E-state index contributed by atoms with van der Waals surface area (Å²) in [7, 11) is 0. The largest absolute Gasteiger partial charge is 0.353 e. The molecule has 0 radical (unpaired) electrons. The maximum absolute atomic E-state index is 5.56. The van der Waals surface area contributed by atoms with E-state index in [1.54, 1.807) is 0 Å². The molecule has 3 heteroatoms. The van der Waals surface area contributed by atoms with Gasteiger partial charge in [-0.25, -0.2) is 0 Å². The fourth-order valence-corrected chi connectivity index (χ4v) is 2.46. The standard InChI is InChI=1S/C12H23NO2/c1-11-5-2-3-7-13(11)8-6-12-14-9-4-10-15-12/h11-12H,2-10H2,1H3. The molecule has 0 spiro atoms. The quantitative estimate of drug-likeness (QED) is 0.716. The van der Waals surface area contributed by atoms with Gasteiger partial charge in [-0.3, -0.25) is 0 Å². The lowest BCUT2D eigenvalue weighted by Gasteiger charge is -2.34. The zero-order valence-corrected chi connectivity index (χ0v) is 9.78. The molecular formula is C12H23NO2. The van der Waals surface area contributed by atoms with Gasteiger partial charge in [-0.1, -0.05) is 6.42 Å². The van der Waals surface area contributed by atoms with Gasteiger partial charge in [0.25, 0.3) is 0 Å². The number of likely N-dealkylation sites (tertiary alicyclic amines) is 1. The van der Waals surface area contributed by atoms with Gasteiger partial charge in [-0.2, -0.15) is 0 Å². The molecule has 0 N–H and O–H groups in total.